The predicted octanol–water partition coefficient (Wildman–Crippen LogP) is 2.57. The van der Waals surface area contributed by atoms with Gasteiger partial charge in [-0.1, -0.05) is 36.8 Å². The Morgan fingerprint density at radius 1 is 1.12 bits per heavy atom. The molecule has 168 valence electrons. The van der Waals surface area contributed by atoms with Gasteiger partial charge in [-0.05, 0) is 37.8 Å². The number of likely N-dealkylation sites (N-methyl/N-ethyl adjacent to an activating group) is 1. The number of aryl methyl sites for hydroxylation is 1. The maximum atomic E-state index is 13.6. The molecule has 7 nitrogen and oxygen atoms in total. The van der Waals surface area contributed by atoms with Crippen LogP contribution in [0, 0.1) is 5.92 Å². The molecular weight excluding hydrogens is 406 g/mol. The summed E-state index contributed by atoms with van der Waals surface area (Å²) in [6, 6.07) is 9.95. The highest BCUT2D eigenvalue weighted by Crippen LogP contribution is 2.40. The molecule has 32 heavy (non-hydrogen) atoms. The van der Waals surface area contributed by atoms with Crippen LogP contribution in [-0.2, 0) is 13.0 Å². The number of nitrogens with zero attached hydrogens (tertiary/aromatic N) is 3. The Morgan fingerprint density at radius 2 is 1.91 bits per heavy atom. The second kappa shape index (κ2) is 8.20. The van der Waals surface area contributed by atoms with E-state index in [4.69, 9.17) is 4.74 Å². The molecule has 0 radical (unpaired) electrons. The molecule has 1 aliphatic carbocycles. The summed E-state index contributed by atoms with van der Waals surface area (Å²) >= 11 is 0. The highest BCUT2D eigenvalue weighted by molar-refractivity contribution is 6.00. The second-order valence-corrected chi connectivity index (χ2v) is 9.21. The quantitative estimate of drug-likeness (QED) is 0.675. The molecule has 1 saturated heterocycles. The lowest BCUT2D eigenvalue weighted by atomic mass is 9.94. The molecule has 0 bridgehead atoms. The van der Waals surface area contributed by atoms with Gasteiger partial charge in [0.25, 0.3) is 5.91 Å². The van der Waals surface area contributed by atoms with Crippen LogP contribution in [0.15, 0.2) is 41.3 Å². The van der Waals surface area contributed by atoms with Crippen molar-refractivity contribution in [2.75, 3.05) is 20.7 Å². The molecule has 2 fully saturated rings. The number of amides is 1. The van der Waals surface area contributed by atoms with Crippen LogP contribution >= 0.6 is 0 Å². The average Bonchev–Trinajstić information content (AvgIpc) is 3.26. The van der Waals surface area contributed by atoms with E-state index in [1.54, 1.807) is 10.8 Å². The Morgan fingerprint density at radius 3 is 2.66 bits per heavy atom. The molecule has 5 rings (SSSR count). The topological polar surface area (TPSA) is 71.8 Å². The fourth-order valence-corrected chi connectivity index (χ4v) is 5.76. The molecule has 1 saturated carbocycles. The zero-order valence-corrected chi connectivity index (χ0v) is 18.6. The molecule has 1 aromatic heterocycles. The van der Waals surface area contributed by atoms with Crippen molar-refractivity contribution < 1.29 is 14.3 Å². The van der Waals surface area contributed by atoms with Gasteiger partial charge in [-0.3, -0.25) is 19.3 Å². The van der Waals surface area contributed by atoms with Crippen molar-refractivity contribution in [1.82, 2.24) is 14.4 Å². The van der Waals surface area contributed by atoms with E-state index >= 15 is 0 Å². The number of benzene rings is 1. The summed E-state index contributed by atoms with van der Waals surface area (Å²) < 4.78 is 7.21. The first-order valence-corrected chi connectivity index (χ1v) is 11.4. The van der Waals surface area contributed by atoms with Gasteiger partial charge in [0.2, 0.25) is 5.43 Å². The zero-order chi connectivity index (χ0) is 22.4. The van der Waals surface area contributed by atoms with Crippen molar-refractivity contribution in [2.24, 2.45) is 5.92 Å². The van der Waals surface area contributed by atoms with E-state index in [0.717, 1.165) is 31.4 Å². The van der Waals surface area contributed by atoms with Gasteiger partial charge in [0, 0.05) is 25.2 Å². The Kier molecular flexibility index (Phi) is 5.37. The number of ether oxygens (including phenoxy) is 1. The summed E-state index contributed by atoms with van der Waals surface area (Å²) in [5, 5.41) is 0. The van der Waals surface area contributed by atoms with Crippen LogP contribution in [-0.4, -0.2) is 59.0 Å². The number of carbonyl (C=O) groups excluding carboxylic acids is 2. The Bertz CT molecular complexity index is 1110. The number of fused-ring (bicyclic) bond motifs is 4. The second-order valence-electron chi connectivity index (χ2n) is 9.21. The van der Waals surface area contributed by atoms with Crippen LogP contribution in [0.3, 0.4) is 0 Å². The molecule has 3 atom stereocenters. The lowest BCUT2D eigenvalue weighted by Gasteiger charge is -2.51. The highest BCUT2D eigenvalue weighted by Gasteiger charge is 2.48. The van der Waals surface area contributed by atoms with E-state index in [0.29, 0.717) is 18.9 Å². The molecule has 3 aliphatic rings. The minimum absolute atomic E-state index is 0.0122. The maximum absolute atomic E-state index is 13.6. The molecule has 0 N–H and O–H groups in total. The van der Waals surface area contributed by atoms with Crippen LogP contribution in [0.1, 0.15) is 52.1 Å². The minimum Gasteiger partial charge on any atom is -0.491 e. The normalized spacial score (nSPS) is 24.6. The molecule has 1 amide bonds. The van der Waals surface area contributed by atoms with E-state index in [1.165, 1.54) is 7.11 Å². The van der Waals surface area contributed by atoms with E-state index in [1.807, 2.05) is 35.2 Å². The molecule has 3 heterocycles. The smallest absolute Gasteiger partial charge is 0.276 e. The number of hydrogen-bond donors (Lipinski definition) is 0. The average molecular weight is 436 g/mol. The molecule has 0 spiro atoms. The fourth-order valence-electron chi connectivity index (χ4n) is 5.76. The molecule has 0 unspecified atom stereocenters. The fraction of sp³-hybridized carbons (Fsp3) is 0.480. The van der Waals surface area contributed by atoms with Gasteiger partial charge < -0.3 is 14.2 Å². The highest BCUT2D eigenvalue weighted by atomic mass is 16.5. The summed E-state index contributed by atoms with van der Waals surface area (Å²) in [5.74, 6) is 0.0715. The van der Waals surface area contributed by atoms with Gasteiger partial charge in [0.15, 0.2) is 17.2 Å². The van der Waals surface area contributed by atoms with Crippen molar-refractivity contribution in [3.05, 3.63) is 63.6 Å². The van der Waals surface area contributed by atoms with Gasteiger partial charge >= 0.3 is 0 Å². The first-order valence-electron chi connectivity index (χ1n) is 11.4. The lowest BCUT2D eigenvalue weighted by Crippen LogP contribution is -2.65. The summed E-state index contributed by atoms with van der Waals surface area (Å²) in [5.41, 5.74) is 0.929. The van der Waals surface area contributed by atoms with Gasteiger partial charge in [-0.15, -0.1) is 0 Å². The first kappa shape index (κ1) is 20.9. The number of ketones is 1. The van der Waals surface area contributed by atoms with Crippen LogP contribution < -0.4 is 10.2 Å². The van der Waals surface area contributed by atoms with Gasteiger partial charge in [0.1, 0.15) is 6.17 Å². The Labute approximate surface area is 187 Å². The lowest BCUT2D eigenvalue weighted by molar-refractivity contribution is -0.0424. The van der Waals surface area contributed by atoms with Crippen molar-refractivity contribution in [2.45, 2.75) is 50.9 Å². The standard InChI is InChI=1S/C25H29N3O4/c1-26-13-17-9-6-10-19(17)28-21(26)15-27-14-18(23(30)24(32-2)22(27)25(28)31)20(29)12-11-16-7-4-3-5-8-16/h3-5,7-8,14,17,19,21H,6,9-13,15H2,1-2H3/t17-,19-,21-/m0/s1. The minimum atomic E-state index is -0.489. The van der Waals surface area contributed by atoms with Crippen LogP contribution in [0.5, 0.6) is 5.75 Å². The van der Waals surface area contributed by atoms with Crippen LogP contribution in [0.2, 0.25) is 0 Å². The number of pyridine rings is 1. The third kappa shape index (κ3) is 3.35. The predicted molar refractivity (Wildman–Crippen MR) is 120 cm³/mol. The van der Waals surface area contributed by atoms with Crippen molar-refractivity contribution in [1.29, 1.82) is 0 Å². The van der Waals surface area contributed by atoms with Gasteiger partial charge in [0.05, 0.1) is 19.2 Å². The molecular formula is C25H29N3O4. The van der Waals surface area contributed by atoms with Crippen LogP contribution in [0.25, 0.3) is 0 Å². The summed E-state index contributed by atoms with van der Waals surface area (Å²) in [6.07, 6.45) is 5.55. The molecule has 1 aromatic carbocycles. The first-order chi connectivity index (χ1) is 15.5. The van der Waals surface area contributed by atoms with E-state index in [-0.39, 0.29) is 47.3 Å². The van der Waals surface area contributed by atoms with Gasteiger partial charge in [-0.25, -0.2) is 0 Å². The largest absolute Gasteiger partial charge is 0.491 e. The maximum Gasteiger partial charge on any atom is 0.276 e. The van der Waals surface area contributed by atoms with Gasteiger partial charge in [-0.2, -0.15) is 0 Å². The number of hydrogen-bond acceptors (Lipinski definition) is 5. The number of Topliss-reactive ketones (excluding diaryl/α,β-unsaturated/α-hetero) is 1. The summed E-state index contributed by atoms with van der Waals surface area (Å²) in [7, 11) is 3.45. The monoisotopic (exact) mass is 435 g/mol. The number of methoxy groups -OCH3 is 1. The van der Waals surface area contributed by atoms with Crippen LogP contribution in [0.4, 0.5) is 0 Å². The third-order valence-electron chi connectivity index (χ3n) is 7.35. The van der Waals surface area contributed by atoms with Crippen molar-refractivity contribution in [3.63, 3.8) is 0 Å². The Balaban J connectivity index is 1.50. The van der Waals surface area contributed by atoms with Crippen molar-refractivity contribution in [3.8, 4) is 5.75 Å². The van der Waals surface area contributed by atoms with E-state index < -0.39 is 5.43 Å². The molecule has 2 aromatic rings. The summed E-state index contributed by atoms with van der Waals surface area (Å²) in [4.78, 5) is 44.0. The number of carbonyl (C=O) groups is 2. The van der Waals surface area contributed by atoms with E-state index in [2.05, 4.69) is 11.9 Å². The van der Waals surface area contributed by atoms with Crippen molar-refractivity contribution >= 4 is 11.7 Å². The Hall–Kier alpha value is -2.93. The third-order valence-corrected chi connectivity index (χ3v) is 7.35. The zero-order valence-electron chi connectivity index (χ0n) is 18.6. The molecule has 7 heteroatoms. The summed E-state index contributed by atoms with van der Waals surface area (Å²) in [6.45, 7) is 1.49. The SMILES string of the molecule is COc1c2n(cc(C(=O)CCc3ccccc3)c1=O)C[C@H]1N(C)C[C@@H]3CCC[C@@H]3N1C2=O. The molecule has 2 aliphatic heterocycles. The van der Waals surface area contributed by atoms with E-state index in [9.17, 15) is 14.4 Å². The number of rotatable bonds is 5. The number of aromatic nitrogens is 1.